The second-order valence-corrected chi connectivity index (χ2v) is 10.4. The van der Waals surface area contributed by atoms with Gasteiger partial charge >= 0.3 is 0 Å². The highest BCUT2D eigenvalue weighted by atomic mass is 15.2. The lowest BCUT2D eigenvalue weighted by Gasteiger charge is -2.28. The van der Waals surface area contributed by atoms with Crippen LogP contribution in [0.1, 0.15) is 44.9 Å². The first-order valence-corrected chi connectivity index (χ1v) is 13.6. The maximum atomic E-state index is 4.99. The molecule has 5 aromatic rings. The Morgan fingerprint density at radius 1 is 0.895 bits per heavy atom. The van der Waals surface area contributed by atoms with E-state index in [2.05, 4.69) is 48.0 Å². The fourth-order valence-corrected chi connectivity index (χ4v) is 5.83. The van der Waals surface area contributed by atoms with E-state index in [0.717, 1.165) is 63.5 Å². The van der Waals surface area contributed by atoms with Crippen LogP contribution in [0.3, 0.4) is 0 Å². The molecule has 5 aromatic heterocycles. The Hall–Kier alpha value is -4.27. The predicted octanol–water partition coefficient (Wildman–Crippen LogP) is 6.06. The summed E-state index contributed by atoms with van der Waals surface area (Å²) < 4.78 is 0. The van der Waals surface area contributed by atoms with Gasteiger partial charge in [-0.2, -0.15) is 5.10 Å². The molecule has 1 aliphatic heterocycles. The molecule has 2 aliphatic rings. The van der Waals surface area contributed by atoms with Gasteiger partial charge < -0.3 is 15.2 Å². The number of aromatic nitrogens is 7. The highest BCUT2D eigenvalue weighted by Crippen LogP contribution is 2.33. The smallest absolute Gasteiger partial charge is 0.161 e. The summed E-state index contributed by atoms with van der Waals surface area (Å²) in [5, 5.41) is 11.2. The van der Waals surface area contributed by atoms with Crippen LogP contribution in [-0.4, -0.2) is 48.2 Å². The third kappa shape index (κ3) is 4.17. The van der Waals surface area contributed by atoms with Gasteiger partial charge in [-0.25, -0.2) is 9.97 Å². The van der Waals surface area contributed by atoms with Gasteiger partial charge in [-0.05, 0) is 56.2 Å². The van der Waals surface area contributed by atoms with Gasteiger partial charge in [-0.1, -0.05) is 19.4 Å². The van der Waals surface area contributed by atoms with E-state index in [1.807, 2.05) is 36.9 Å². The summed E-state index contributed by atoms with van der Waals surface area (Å²) in [6, 6.07) is 6.09. The molecule has 9 heteroatoms. The lowest BCUT2D eigenvalue weighted by Crippen LogP contribution is -2.29. The van der Waals surface area contributed by atoms with Gasteiger partial charge in [0.25, 0.3) is 0 Å². The molecule has 3 N–H and O–H groups in total. The van der Waals surface area contributed by atoms with Crippen molar-refractivity contribution in [3.8, 4) is 22.8 Å². The van der Waals surface area contributed by atoms with Gasteiger partial charge in [0.05, 0.1) is 46.7 Å². The van der Waals surface area contributed by atoms with E-state index < -0.39 is 0 Å². The summed E-state index contributed by atoms with van der Waals surface area (Å²) in [5.41, 5.74) is 8.99. The van der Waals surface area contributed by atoms with E-state index in [-0.39, 0.29) is 0 Å². The molecule has 0 atom stereocenters. The Morgan fingerprint density at radius 2 is 1.74 bits per heavy atom. The number of nitrogens with zero attached hydrogens (tertiary/aromatic N) is 6. The normalized spacial score (nSPS) is 16.5. The molecule has 0 unspecified atom stereocenters. The van der Waals surface area contributed by atoms with Crippen molar-refractivity contribution in [1.29, 1.82) is 0 Å². The lowest BCUT2D eigenvalue weighted by molar-refractivity contribution is 0.578. The van der Waals surface area contributed by atoms with Crippen molar-refractivity contribution in [2.24, 2.45) is 5.92 Å². The van der Waals surface area contributed by atoms with E-state index in [0.29, 0.717) is 17.4 Å². The van der Waals surface area contributed by atoms with Gasteiger partial charge in [-0.3, -0.25) is 15.1 Å². The van der Waals surface area contributed by atoms with Crippen LogP contribution in [0.25, 0.3) is 44.8 Å². The van der Waals surface area contributed by atoms with Gasteiger partial charge in [0, 0.05) is 30.5 Å². The Bertz CT molecular complexity index is 1620. The van der Waals surface area contributed by atoms with E-state index >= 15 is 0 Å². The number of aromatic amines is 2. The predicted molar refractivity (Wildman–Crippen MR) is 151 cm³/mol. The average molecular weight is 506 g/mol. The van der Waals surface area contributed by atoms with E-state index in [9.17, 15) is 0 Å². The summed E-state index contributed by atoms with van der Waals surface area (Å²) >= 11 is 0. The van der Waals surface area contributed by atoms with Crippen LogP contribution in [0.2, 0.25) is 0 Å². The zero-order chi connectivity index (χ0) is 25.5. The summed E-state index contributed by atoms with van der Waals surface area (Å²) in [7, 11) is 0. The molecule has 0 bridgehead atoms. The lowest BCUT2D eigenvalue weighted by atomic mass is 10.0. The van der Waals surface area contributed by atoms with Crippen LogP contribution in [-0.2, 0) is 0 Å². The molecule has 1 aliphatic carbocycles. The van der Waals surface area contributed by atoms with Gasteiger partial charge in [0.15, 0.2) is 11.5 Å². The number of anilines is 2. The number of nitrogens with one attached hydrogen (secondary N) is 3. The van der Waals surface area contributed by atoms with Crippen LogP contribution >= 0.6 is 0 Å². The minimum Gasteiger partial charge on any atom is -0.368 e. The quantitative estimate of drug-likeness (QED) is 0.257. The summed E-state index contributed by atoms with van der Waals surface area (Å²) in [6.45, 7) is 6.36. The number of allylic oxidation sites excluding steroid dienone is 1. The Kier molecular flexibility index (Phi) is 5.76. The first-order chi connectivity index (χ1) is 18.7. The minimum absolute atomic E-state index is 0.538. The number of H-pyrrole nitrogens is 2. The Morgan fingerprint density at radius 3 is 2.61 bits per heavy atom. The molecule has 38 heavy (non-hydrogen) atoms. The number of rotatable bonds is 6. The Labute approximate surface area is 220 Å². The largest absolute Gasteiger partial charge is 0.368 e. The van der Waals surface area contributed by atoms with Gasteiger partial charge in [0.1, 0.15) is 11.0 Å². The molecular weight excluding hydrogens is 474 g/mol. The third-order valence-electron chi connectivity index (χ3n) is 7.89. The SMILES string of the molecule is C=C(Nc1cncc(-c2ccc3[nH]nc(-c4nc5c(N6CCCCC6)cncc5[nH]4)c3n2)c1)C1CCCC1. The third-order valence-corrected chi connectivity index (χ3v) is 7.89. The first-order valence-electron chi connectivity index (χ1n) is 13.6. The molecule has 0 spiro atoms. The number of fused-ring (bicyclic) bond motifs is 2. The molecule has 6 heterocycles. The Balaban J connectivity index is 1.22. The fraction of sp³-hybridized carbons (Fsp3) is 0.345. The van der Waals surface area contributed by atoms with Crippen LogP contribution in [0.4, 0.5) is 11.4 Å². The second-order valence-electron chi connectivity index (χ2n) is 10.4. The topological polar surface area (TPSA) is 111 Å². The number of pyridine rings is 3. The fourth-order valence-electron chi connectivity index (χ4n) is 5.83. The van der Waals surface area contributed by atoms with Crippen molar-refractivity contribution in [3.05, 3.63) is 55.3 Å². The van der Waals surface area contributed by atoms with E-state index in [1.165, 1.54) is 44.9 Å². The van der Waals surface area contributed by atoms with Crippen LogP contribution in [0.15, 0.2) is 55.3 Å². The second kappa shape index (κ2) is 9.55. The van der Waals surface area contributed by atoms with Crippen LogP contribution in [0, 0.1) is 5.92 Å². The molecule has 0 radical (unpaired) electrons. The van der Waals surface area contributed by atoms with Crippen molar-refractivity contribution in [2.75, 3.05) is 23.3 Å². The molecule has 0 amide bonds. The van der Waals surface area contributed by atoms with Crippen molar-refractivity contribution < 1.29 is 0 Å². The number of imidazole rings is 1. The molecule has 0 aromatic carbocycles. The highest BCUT2D eigenvalue weighted by molar-refractivity contribution is 5.94. The minimum atomic E-state index is 0.538. The monoisotopic (exact) mass is 505 g/mol. The van der Waals surface area contributed by atoms with Gasteiger partial charge in [0.2, 0.25) is 0 Å². The maximum absolute atomic E-state index is 4.99. The number of hydrogen-bond donors (Lipinski definition) is 3. The van der Waals surface area contributed by atoms with Crippen LogP contribution in [0.5, 0.6) is 0 Å². The van der Waals surface area contributed by atoms with Crippen molar-refractivity contribution in [3.63, 3.8) is 0 Å². The first kappa shape index (κ1) is 22.9. The van der Waals surface area contributed by atoms with Crippen molar-refractivity contribution in [1.82, 2.24) is 35.1 Å². The van der Waals surface area contributed by atoms with Crippen molar-refractivity contribution >= 4 is 33.4 Å². The summed E-state index contributed by atoms with van der Waals surface area (Å²) in [4.78, 5) is 24.7. The molecule has 192 valence electrons. The standard InChI is InChI=1S/C29H31N9/c1-18(19-7-3-4-8-19)32-21-13-20(14-30-15-21)22-9-10-23-27(33-22)28(37-36-23)29-34-24-16-31-17-25(26(24)35-29)38-11-5-2-6-12-38/h9-10,13-17,19,32H,1-8,11-12H2,(H,34,35)(H,36,37). The summed E-state index contributed by atoms with van der Waals surface area (Å²) in [6.07, 6.45) is 16.1. The molecular formula is C29H31N9. The maximum Gasteiger partial charge on any atom is 0.161 e. The average Bonchev–Trinajstić information content (AvgIpc) is 3.73. The molecule has 9 nitrogen and oxygen atoms in total. The number of hydrogen-bond acceptors (Lipinski definition) is 7. The van der Waals surface area contributed by atoms with Gasteiger partial charge in [-0.15, -0.1) is 0 Å². The zero-order valence-corrected chi connectivity index (χ0v) is 21.4. The summed E-state index contributed by atoms with van der Waals surface area (Å²) in [5.74, 6) is 1.22. The number of piperidine rings is 1. The van der Waals surface area contributed by atoms with E-state index in [1.54, 1.807) is 0 Å². The van der Waals surface area contributed by atoms with E-state index in [4.69, 9.17) is 9.97 Å². The van der Waals surface area contributed by atoms with Crippen LogP contribution < -0.4 is 10.2 Å². The molecule has 1 saturated heterocycles. The highest BCUT2D eigenvalue weighted by Gasteiger charge is 2.21. The zero-order valence-electron chi connectivity index (χ0n) is 21.4. The molecule has 2 fully saturated rings. The molecule has 1 saturated carbocycles. The van der Waals surface area contributed by atoms with Crippen molar-refractivity contribution in [2.45, 2.75) is 44.9 Å². The molecule has 7 rings (SSSR count).